The number of nitrogens with one attached hydrogen (secondary N) is 1. The highest BCUT2D eigenvalue weighted by molar-refractivity contribution is 7.15. The Morgan fingerprint density at radius 2 is 2.24 bits per heavy atom. The Labute approximate surface area is 106 Å². The SMILES string of the molecule is Cc1cnc(NC(=O)C2CCC(CN)CC2)s1. The molecule has 17 heavy (non-hydrogen) atoms. The van der Waals surface area contributed by atoms with Crippen molar-refractivity contribution < 1.29 is 4.79 Å². The van der Waals surface area contributed by atoms with Gasteiger partial charge in [0, 0.05) is 17.0 Å². The van der Waals surface area contributed by atoms with Crippen LogP contribution < -0.4 is 11.1 Å². The summed E-state index contributed by atoms with van der Waals surface area (Å²) in [4.78, 5) is 17.3. The summed E-state index contributed by atoms with van der Waals surface area (Å²) in [5.41, 5.74) is 5.64. The van der Waals surface area contributed by atoms with Crippen LogP contribution in [0.2, 0.25) is 0 Å². The van der Waals surface area contributed by atoms with Gasteiger partial charge >= 0.3 is 0 Å². The quantitative estimate of drug-likeness (QED) is 0.867. The molecule has 0 aromatic carbocycles. The summed E-state index contributed by atoms with van der Waals surface area (Å²) < 4.78 is 0. The van der Waals surface area contributed by atoms with Gasteiger partial charge in [-0.05, 0) is 45.1 Å². The Bertz CT molecular complexity index is 383. The zero-order valence-electron chi connectivity index (χ0n) is 10.1. The van der Waals surface area contributed by atoms with Crippen molar-refractivity contribution in [3.05, 3.63) is 11.1 Å². The molecule has 3 N–H and O–H groups in total. The van der Waals surface area contributed by atoms with Crippen LogP contribution in [0, 0.1) is 18.8 Å². The molecule has 1 amide bonds. The second kappa shape index (κ2) is 5.60. The van der Waals surface area contributed by atoms with Crippen molar-refractivity contribution in [2.24, 2.45) is 17.6 Å². The number of carbonyl (C=O) groups is 1. The van der Waals surface area contributed by atoms with E-state index >= 15 is 0 Å². The third-order valence-corrected chi connectivity index (χ3v) is 4.23. The van der Waals surface area contributed by atoms with E-state index in [1.54, 1.807) is 6.20 Å². The maximum absolute atomic E-state index is 12.0. The highest BCUT2D eigenvalue weighted by atomic mass is 32.1. The third kappa shape index (κ3) is 3.26. The number of thiazole rings is 1. The topological polar surface area (TPSA) is 68.0 Å². The van der Waals surface area contributed by atoms with Gasteiger partial charge in [0.15, 0.2) is 5.13 Å². The lowest BCUT2D eigenvalue weighted by molar-refractivity contribution is -0.121. The molecule has 2 rings (SSSR count). The first kappa shape index (κ1) is 12.5. The summed E-state index contributed by atoms with van der Waals surface area (Å²) in [7, 11) is 0. The number of hydrogen-bond donors (Lipinski definition) is 2. The number of nitrogens with two attached hydrogens (primary N) is 1. The van der Waals surface area contributed by atoms with Gasteiger partial charge in [-0.25, -0.2) is 4.98 Å². The van der Waals surface area contributed by atoms with Gasteiger partial charge in [0.25, 0.3) is 0 Å². The van der Waals surface area contributed by atoms with Gasteiger partial charge in [0.2, 0.25) is 5.91 Å². The number of rotatable bonds is 3. The first-order chi connectivity index (χ1) is 8.19. The van der Waals surface area contributed by atoms with Crippen LogP contribution in [0.3, 0.4) is 0 Å². The van der Waals surface area contributed by atoms with Crippen molar-refractivity contribution in [3.63, 3.8) is 0 Å². The van der Waals surface area contributed by atoms with Crippen molar-refractivity contribution in [1.29, 1.82) is 0 Å². The van der Waals surface area contributed by atoms with Crippen molar-refractivity contribution in [2.45, 2.75) is 32.6 Å². The Morgan fingerprint density at radius 3 is 2.76 bits per heavy atom. The molecule has 0 bridgehead atoms. The summed E-state index contributed by atoms with van der Waals surface area (Å²) in [6.45, 7) is 2.74. The largest absolute Gasteiger partial charge is 0.330 e. The molecule has 0 saturated heterocycles. The lowest BCUT2D eigenvalue weighted by atomic mass is 9.82. The van der Waals surface area contributed by atoms with Gasteiger partial charge in [0.05, 0.1) is 0 Å². The number of carbonyl (C=O) groups excluding carboxylic acids is 1. The minimum Gasteiger partial charge on any atom is -0.330 e. The average molecular weight is 253 g/mol. The molecule has 1 aromatic rings. The van der Waals surface area contributed by atoms with E-state index < -0.39 is 0 Å². The molecule has 1 saturated carbocycles. The first-order valence-electron chi connectivity index (χ1n) is 6.12. The predicted octanol–water partition coefficient (Wildman–Crippen LogP) is 2.16. The third-order valence-electron chi connectivity index (χ3n) is 3.40. The van der Waals surface area contributed by atoms with Crippen LogP contribution in [-0.4, -0.2) is 17.4 Å². The number of nitrogens with zero attached hydrogens (tertiary/aromatic N) is 1. The summed E-state index contributed by atoms with van der Waals surface area (Å²) in [6.07, 6.45) is 5.85. The summed E-state index contributed by atoms with van der Waals surface area (Å²) in [6, 6.07) is 0. The molecule has 0 unspecified atom stereocenters. The van der Waals surface area contributed by atoms with Crippen molar-refractivity contribution in [1.82, 2.24) is 4.98 Å². The normalized spacial score (nSPS) is 24.6. The molecule has 0 aliphatic heterocycles. The molecular formula is C12H19N3OS. The van der Waals surface area contributed by atoms with Crippen molar-refractivity contribution in [3.8, 4) is 0 Å². The lowest BCUT2D eigenvalue weighted by Crippen LogP contribution is -2.29. The summed E-state index contributed by atoms with van der Waals surface area (Å²) >= 11 is 1.52. The van der Waals surface area contributed by atoms with E-state index in [4.69, 9.17) is 5.73 Å². The van der Waals surface area contributed by atoms with Crippen LogP contribution in [0.4, 0.5) is 5.13 Å². The number of aryl methyl sites for hydroxylation is 1. The molecule has 0 atom stereocenters. The van der Waals surface area contributed by atoms with E-state index in [0.717, 1.165) is 37.1 Å². The van der Waals surface area contributed by atoms with Crippen LogP contribution in [0.15, 0.2) is 6.20 Å². The molecule has 1 aliphatic rings. The van der Waals surface area contributed by atoms with Crippen LogP contribution in [-0.2, 0) is 4.79 Å². The van der Waals surface area contributed by atoms with Crippen LogP contribution >= 0.6 is 11.3 Å². The van der Waals surface area contributed by atoms with Crippen LogP contribution in [0.1, 0.15) is 30.6 Å². The Balaban J connectivity index is 1.85. The summed E-state index contributed by atoms with van der Waals surface area (Å²) in [5.74, 6) is 0.873. The molecule has 1 aromatic heterocycles. The first-order valence-corrected chi connectivity index (χ1v) is 6.94. The Morgan fingerprint density at radius 1 is 1.53 bits per heavy atom. The minimum atomic E-state index is 0.120. The average Bonchev–Trinajstić information content (AvgIpc) is 2.75. The fraction of sp³-hybridized carbons (Fsp3) is 0.667. The highest BCUT2D eigenvalue weighted by Gasteiger charge is 2.25. The van der Waals surface area contributed by atoms with Crippen molar-refractivity contribution in [2.75, 3.05) is 11.9 Å². The molecular weight excluding hydrogens is 234 g/mol. The fourth-order valence-corrected chi connectivity index (χ4v) is 2.95. The second-order valence-electron chi connectivity index (χ2n) is 4.72. The van der Waals surface area contributed by atoms with E-state index in [1.165, 1.54) is 11.3 Å². The van der Waals surface area contributed by atoms with Gasteiger partial charge < -0.3 is 11.1 Å². The number of amides is 1. The predicted molar refractivity (Wildman–Crippen MR) is 70.0 cm³/mol. The van der Waals surface area contributed by atoms with Crippen molar-refractivity contribution >= 4 is 22.4 Å². The molecule has 1 heterocycles. The van der Waals surface area contributed by atoms with Gasteiger partial charge in [-0.15, -0.1) is 11.3 Å². The van der Waals surface area contributed by atoms with Gasteiger partial charge in [0.1, 0.15) is 0 Å². The number of aromatic nitrogens is 1. The van der Waals surface area contributed by atoms with Crippen LogP contribution in [0.5, 0.6) is 0 Å². The second-order valence-corrected chi connectivity index (χ2v) is 5.95. The van der Waals surface area contributed by atoms with E-state index in [9.17, 15) is 4.79 Å². The summed E-state index contributed by atoms with van der Waals surface area (Å²) in [5, 5.41) is 3.62. The van der Waals surface area contributed by atoms with Gasteiger partial charge in [-0.3, -0.25) is 4.79 Å². The van der Waals surface area contributed by atoms with Gasteiger partial charge in [-0.1, -0.05) is 0 Å². The molecule has 0 spiro atoms. The Kier molecular flexibility index (Phi) is 4.12. The molecule has 1 fully saturated rings. The maximum atomic E-state index is 12.0. The highest BCUT2D eigenvalue weighted by Crippen LogP contribution is 2.29. The molecule has 94 valence electrons. The molecule has 5 heteroatoms. The fourth-order valence-electron chi connectivity index (χ4n) is 2.28. The monoisotopic (exact) mass is 253 g/mol. The molecule has 1 aliphatic carbocycles. The van der Waals surface area contributed by atoms with E-state index in [0.29, 0.717) is 11.0 Å². The maximum Gasteiger partial charge on any atom is 0.229 e. The van der Waals surface area contributed by atoms with E-state index in [1.807, 2.05) is 6.92 Å². The zero-order valence-corrected chi connectivity index (χ0v) is 10.9. The van der Waals surface area contributed by atoms with E-state index in [-0.39, 0.29) is 11.8 Å². The lowest BCUT2D eigenvalue weighted by Gasteiger charge is -2.26. The number of anilines is 1. The Hall–Kier alpha value is -0.940. The van der Waals surface area contributed by atoms with Gasteiger partial charge in [-0.2, -0.15) is 0 Å². The van der Waals surface area contributed by atoms with E-state index in [2.05, 4.69) is 10.3 Å². The zero-order chi connectivity index (χ0) is 12.3. The number of hydrogen-bond acceptors (Lipinski definition) is 4. The smallest absolute Gasteiger partial charge is 0.229 e. The minimum absolute atomic E-state index is 0.120. The standard InChI is InChI=1S/C12H19N3OS/c1-8-7-14-12(17-8)15-11(16)10-4-2-9(6-13)3-5-10/h7,9-10H,2-6,13H2,1H3,(H,14,15,16). The van der Waals surface area contributed by atoms with Crippen LogP contribution in [0.25, 0.3) is 0 Å². The molecule has 0 radical (unpaired) electrons. The molecule has 4 nitrogen and oxygen atoms in total.